The maximum atomic E-state index is 12.8. The molecule has 2 fully saturated rings. The van der Waals surface area contributed by atoms with E-state index in [9.17, 15) is 9.90 Å². The van der Waals surface area contributed by atoms with Crippen LogP contribution in [0.4, 0.5) is 5.82 Å². The van der Waals surface area contributed by atoms with Crippen LogP contribution in [0.1, 0.15) is 98.2 Å². The Morgan fingerprint density at radius 3 is 2.98 bits per heavy atom. The summed E-state index contributed by atoms with van der Waals surface area (Å²) in [4.78, 5) is 19.7. The molecule has 3 aliphatic heterocycles. The van der Waals surface area contributed by atoms with Gasteiger partial charge in [0.25, 0.3) is 0 Å². The topological polar surface area (TPSA) is 93.2 Å². The molecule has 1 saturated carbocycles. The van der Waals surface area contributed by atoms with Crippen molar-refractivity contribution in [3.8, 4) is 0 Å². The number of aryl methyl sites for hydroxylation is 2. The average molecular weight is 578 g/mol. The predicted molar refractivity (Wildman–Crippen MR) is 162 cm³/mol. The number of aliphatic carboxylic acids is 1. The Hall–Kier alpha value is -2.52. The third-order valence-electron chi connectivity index (χ3n) is 9.94. The van der Waals surface area contributed by atoms with Gasteiger partial charge in [-0.1, -0.05) is 31.2 Å². The number of aromatic nitrogens is 1. The first-order valence-electron chi connectivity index (χ1n) is 16.1. The van der Waals surface area contributed by atoms with Gasteiger partial charge in [0, 0.05) is 37.4 Å². The van der Waals surface area contributed by atoms with Crippen molar-refractivity contribution in [1.82, 2.24) is 9.88 Å². The highest BCUT2D eigenvalue weighted by molar-refractivity contribution is 5.76. The number of nitrogens with zero attached hydrogens (tertiary/aromatic N) is 2. The first-order valence-corrected chi connectivity index (χ1v) is 16.1. The Balaban J connectivity index is 1.05. The molecule has 1 aromatic carbocycles. The summed E-state index contributed by atoms with van der Waals surface area (Å²) in [5.74, 6) is 0.400. The summed E-state index contributed by atoms with van der Waals surface area (Å²) in [5.41, 5.74) is 5.18. The largest absolute Gasteiger partial charge is 0.480 e. The lowest BCUT2D eigenvalue weighted by Gasteiger charge is -2.45. The van der Waals surface area contributed by atoms with E-state index in [1.165, 1.54) is 12.0 Å². The number of nitrogens with one attached hydrogen (secondary N) is 1. The van der Waals surface area contributed by atoms with Crippen molar-refractivity contribution in [2.75, 3.05) is 45.3 Å². The second-order valence-corrected chi connectivity index (χ2v) is 12.8. The molecule has 4 aliphatic rings. The lowest BCUT2D eigenvalue weighted by molar-refractivity contribution is -0.147. The molecule has 8 heteroatoms. The molecule has 228 valence electrons. The van der Waals surface area contributed by atoms with Gasteiger partial charge in [-0.15, -0.1) is 0 Å². The summed E-state index contributed by atoms with van der Waals surface area (Å²) >= 11 is 0. The third-order valence-corrected chi connectivity index (χ3v) is 9.94. The van der Waals surface area contributed by atoms with Crippen molar-refractivity contribution < 1.29 is 24.1 Å². The molecule has 1 aromatic heterocycles. The van der Waals surface area contributed by atoms with Crippen molar-refractivity contribution >= 4 is 11.8 Å². The van der Waals surface area contributed by atoms with E-state index >= 15 is 0 Å². The third kappa shape index (κ3) is 6.09. The van der Waals surface area contributed by atoms with Gasteiger partial charge in [0.2, 0.25) is 0 Å². The summed E-state index contributed by atoms with van der Waals surface area (Å²) in [5, 5.41) is 14.0. The van der Waals surface area contributed by atoms with Crippen LogP contribution in [-0.4, -0.2) is 73.1 Å². The van der Waals surface area contributed by atoms with E-state index in [4.69, 9.17) is 19.2 Å². The van der Waals surface area contributed by atoms with Crippen LogP contribution in [0.25, 0.3) is 0 Å². The van der Waals surface area contributed by atoms with Crippen LogP contribution in [0.5, 0.6) is 0 Å². The molecular weight excluding hydrogens is 530 g/mol. The molecule has 2 aromatic rings. The summed E-state index contributed by atoms with van der Waals surface area (Å²) in [6.45, 7) is 5.77. The number of pyridine rings is 1. The molecule has 6 rings (SSSR count). The molecule has 0 radical (unpaired) electrons. The maximum Gasteiger partial charge on any atom is 0.325 e. The zero-order chi connectivity index (χ0) is 29.1. The van der Waals surface area contributed by atoms with Crippen LogP contribution in [-0.2, 0) is 37.4 Å². The second kappa shape index (κ2) is 13.0. The smallest absolute Gasteiger partial charge is 0.325 e. The van der Waals surface area contributed by atoms with E-state index in [1.54, 1.807) is 0 Å². The van der Waals surface area contributed by atoms with Gasteiger partial charge in [0.1, 0.15) is 17.5 Å². The highest BCUT2D eigenvalue weighted by atomic mass is 16.5. The van der Waals surface area contributed by atoms with Crippen LogP contribution in [0.2, 0.25) is 0 Å². The molecular formula is C34H47N3O5. The van der Waals surface area contributed by atoms with Gasteiger partial charge >= 0.3 is 5.97 Å². The fourth-order valence-electron chi connectivity index (χ4n) is 7.65. The van der Waals surface area contributed by atoms with Crippen molar-refractivity contribution in [2.24, 2.45) is 0 Å². The van der Waals surface area contributed by atoms with Crippen molar-refractivity contribution in [3.05, 3.63) is 58.3 Å². The number of fused-ring (bicyclic) bond motifs is 3. The van der Waals surface area contributed by atoms with E-state index < -0.39 is 17.6 Å². The van der Waals surface area contributed by atoms with Gasteiger partial charge < -0.3 is 24.6 Å². The lowest BCUT2D eigenvalue weighted by Crippen LogP contribution is -2.45. The molecule has 4 heterocycles. The zero-order valence-corrected chi connectivity index (χ0v) is 25.3. The Morgan fingerprint density at radius 1 is 1.24 bits per heavy atom. The van der Waals surface area contributed by atoms with E-state index in [2.05, 4.69) is 35.3 Å². The molecule has 0 amide bonds. The van der Waals surface area contributed by atoms with E-state index in [0.717, 1.165) is 106 Å². The number of hydrogen-bond donors (Lipinski definition) is 2. The van der Waals surface area contributed by atoms with Gasteiger partial charge in [-0.2, -0.15) is 0 Å². The van der Waals surface area contributed by atoms with E-state index in [-0.39, 0.29) is 18.1 Å². The van der Waals surface area contributed by atoms with Crippen LogP contribution in [0.3, 0.4) is 0 Å². The molecule has 1 aliphatic carbocycles. The number of carbonyl (C=O) groups is 1. The molecule has 42 heavy (non-hydrogen) atoms. The van der Waals surface area contributed by atoms with Crippen LogP contribution >= 0.6 is 0 Å². The molecule has 2 N–H and O–H groups in total. The minimum atomic E-state index is -0.797. The van der Waals surface area contributed by atoms with Crippen molar-refractivity contribution in [3.63, 3.8) is 0 Å². The monoisotopic (exact) mass is 577 g/mol. The van der Waals surface area contributed by atoms with Gasteiger partial charge in [-0.25, -0.2) is 4.98 Å². The minimum Gasteiger partial charge on any atom is -0.480 e. The lowest BCUT2D eigenvalue weighted by atomic mass is 9.76. The molecule has 0 bridgehead atoms. The van der Waals surface area contributed by atoms with Crippen LogP contribution < -0.4 is 5.32 Å². The number of carboxylic acids is 1. The number of anilines is 1. The van der Waals surface area contributed by atoms with Crippen LogP contribution in [0.15, 0.2) is 30.3 Å². The van der Waals surface area contributed by atoms with Gasteiger partial charge in [0.15, 0.2) is 0 Å². The highest BCUT2D eigenvalue weighted by Gasteiger charge is 2.45. The standard InChI is InChI=1S/C34H47N3O5/c1-23-21-42-34(16-7-18-40-22-34)29-11-5-10-28(30(23)29)31(33(38)39)37(2)26-14-15-27(20-26)41-19-4-3-9-25-13-12-24-8-6-17-35-32(24)36-25/h5,10-13,23,26-27,31H,3-4,6-9,14-22H2,1-2H3,(H,35,36)(H,38,39)/t23-,26+,27+,31-,34+/m1/s1. The van der Waals surface area contributed by atoms with Gasteiger partial charge in [-0.05, 0) is 99.6 Å². The van der Waals surface area contributed by atoms with Crippen LogP contribution in [0, 0.1) is 0 Å². The molecule has 1 saturated heterocycles. The molecule has 5 atom stereocenters. The number of rotatable bonds is 10. The zero-order valence-electron chi connectivity index (χ0n) is 25.3. The number of ether oxygens (including phenoxy) is 3. The second-order valence-electron chi connectivity index (χ2n) is 12.8. The van der Waals surface area contributed by atoms with Gasteiger partial charge in [-0.3, -0.25) is 9.69 Å². The Morgan fingerprint density at radius 2 is 2.14 bits per heavy atom. The Kier molecular flexibility index (Phi) is 9.15. The number of benzene rings is 1. The Bertz CT molecular complexity index is 1250. The molecule has 8 nitrogen and oxygen atoms in total. The van der Waals surface area contributed by atoms with E-state index in [0.29, 0.717) is 13.2 Å². The molecule has 0 unspecified atom stereocenters. The fourth-order valence-corrected chi connectivity index (χ4v) is 7.65. The number of carboxylic acid groups (broad SMARTS) is 1. The summed E-state index contributed by atoms with van der Waals surface area (Å²) in [6, 6.07) is 10.0. The fraction of sp³-hybridized carbons (Fsp3) is 0.647. The number of likely N-dealkylation sites (N-methyl/N-ethyl adjacent to an activating group) is 1. The summed E-state index contributed by atoms with van der Waals surface area (Å²) < 4.78 is 18.6. The summed E-state index contributed by atoms with van der Waals surface area (Å²) in [7, 11) is 1.98. The maximum absolute atomic E-state index is 12.8. The van der Waals surface area contributed by atoms with Crippen molar-refractivity contribution in [1.29, 1.82) is 0 Å². The predicted octanol–water partition coefficient (Wildman–Crippen LogP) is 5.60. The number of unbranched alkanes of at least 4 members (excludes halogenated alkanes) is 1. The first-order chi connectivity index (χ1) is 20.4. The normalized spacial score (nSPS) is 27.8. The average Bonchev–Trinajstić information content (AvgIpc) is 3.48. The first kappa shape index (κ1) is 29.5. The SMILES string of the molecule is C[C@@H]1CO[C@]2(CCCOC2)c2cccc([C@H](C(=O)O)N(C)[C@H]3CC[C@H](OCCCCc4ccc5c(n4)NCCC5)C3)c21. The quantitative estimate of drug-likeness (QED) is 0.353. The molecule has 1 spiro atoms. The summed E-state index contributed by atoms with van der Waals surface area (Å²) in [6.07, 6.45) is 10.1. The van der Waals surface area contributed by atoms with E-state index in [1.807, 2.05) is 19.2 Å². The van der Waals surface area contributed by atoms with Gasteiger partial charge in [0.05, 0.1) is 19.3 Å². The highest BCUT2D eigenvalue weighted by Crippen LogP contribution is 2.46. The Labute approximate surface area is 250 Å². The number of hydrogen-bond acceptors (Lipinski definition) is 7. The minimum absolute atomic E-state index is 0.131. The van der Waals surface area contributed by atoms with Crippen molar-refractivity contribution in [2.45, 2.75) is 101 Å².